The van der Waals surface area contributed by atoms with Crippen LogP contribution in [0.15, 0.2) is 29.4 Å². The smallest absolute Gasteiger partial charge is 0.179 e. The fraction of sp³-hybridized carbons (Fsp3) is 0.333. The van der Waals surface area contributed by atoms with Crippen LogP contribution < -0.4 is 5.32 Å². The lowest BCUT2D eigenvalue weighted by atomic mass is 10.3. The highest BCUT2D eigenvalue weighted by atomic mass is 32.2. The van der Waals surface area contributed by atoms with Crippen molar-refractivity contribution in [2.75, 3.05) is 11.6 Å². The molecule has 0 saturated heterocycles. The first-order valence-electron chi connectivity index (χ1n) is 5.86. The number of hydrogen-bond donors (Lipinski definition) is 1. The van der Waals surface area contributed by atoms with Gasteiger partial charge in [0.1, 0.15) is 10.7 Å². The molecule has 0 aliphatic carbocycles. The van der Waals surface area contributed by atoms with Gasteiger partial charge in [-0.3, -0.25) is 4.68 Å². The van der Waals surface area contributed by atoms with Crippen molar-refractivity contribution in [3.63, 3.8) is 0 Å². The lowest BCUT2D eigenvalue weighted by Crippen LogP contribution is -2.05. The van der Waals surface area contributed by atoms with E-state index in [2.05, 4.69) is 15.4 Å². The molecular weight excluding hydrogens is 264 g/mol. The topological polar surface area (TPSA) is 76.9 Å². The Kier molecular flexibility index (Phi) is 3.57. The number of hydrogen-bond acceptors (Lipinski definition) is 5. The Balaban J connectivity index is 2.44. The number of nitrogens with one attached hydrogen (secondary N) is 1. The second-order valence-electron chi connectivity index (χ2n) is 4.26. The second kappa shape index (κ2) is 5.00. The minimum Gasteiger partial charge on any atom is -0.336 e. The molecule has 6 nitrogen and oxygen atoms in total. The van der Waals surface area contributed by atoms with Gasteiger partial charge >= 0.3 is 0 Å². The summed E-state index contributed by atoms with van der Waals surface area (Å²) in [6.07, 6.45) is 5.28. The zero-order valence-electron chi connectivity index (χ0n) is 11.1. The Morgan fingerprint density at radius 1 is 1.42 bits per heavy atom. The van der Waals surface area contributed by atoms with Gasteiger partial charge in [0.2, 0.25) is 0 Å². The molecule has 2 aromatic rings. The molecule has 1 N–H and O–H groups in total. The second-order valence-corrected chi connectivity index (χ2v) is 6.25. The largest absolute Gasteiger partial charge is 0.336 e. The fourth-order valence-electron chi connectivity index (χ4n) is 1.81. The molecule has 19 heavy (non-hydrogen) atoms. The molecule has 0 aliphatic rings. The monoisotopic (exact) mass is 280 g/mol. The van der Waals surface area contributed by atoms with Crippen molar-refractivity contribution in [2.24, 2.45) is 7.05 Å². The third-order valence-corrected chi connectivity index (χ3v) is 3.79. The first-order chi connectivity index (χ1) is 8.91. The van der Waals surface area contributed by atoms with E-state index in [0.717, 1.165) is 17.8 Å². The minimum atomic E-state index is -3.32. The maximum atomic E-state index is 11.7. The molecule has 0 amide bonds. The van der Waals surface area contributed by atoms with Gasteiger partial charge in [0.15, 0.2) is 9.84 Å². The third kappa shape index (κ3) is 2.93. The summed E-state index contributed by atoms with van der Waals surface area (Å²) in [7, 11) is -1.50. The summed E-state index contributed by atoms with van der Waals surface area (Å²) < 4.78 is 25.1. The van der Waals surface area contributed by atoms with Gasteiger partial charge in [-0.2, -0.15) is 5.10 Å². The van der Waals surface area contributed by atoms with Crippen LogP contribution >= 0.6 is 0 Å². The Morgan fingerprint density at radius 3 is 2.79 bits per heavy atom. The Morgan fingerprint density at radius 2 is 2.16 bits per heavy atom. The van der Waals surface area contributed by atoms with Gasteiger partial charge in [0, 0.05) is 25.7 Å². The van der Waals surface area contributed by atoms with Crippen molar-refractivity contribution in [3.8, 4) is 0 Å². The van der Waals surface area contributed by atoms with Gasteiger partial charge in [-0.1, -0.05) is 6.92 Å². The predicted octanol–water partition coefficient (Wildman–Crippen LogP) is 1.52. The van der Waals surface area contributed by atoms with Crippen molar-refractivity contribution in [1.29, 1.82) is 0 Å². The molecule has 7 heteroatoms. The zero-order valence-corrected chi connectivity index (χ0v) is 11.9. The van der Waals surface area contributed by atoms with Crippen LogP contribution in [0.3, 0.4) is 0 Å². The lowest BCUT2D eigenvalue weighted by Gasteiger charge is -2.08. The number of pyridine rings is 1. The number of anilines is 2. The van der Waals surface area contributed by atoms with Gasteiger partial charge in [-0.05, 0) is 18.6 Å². The van der Waals surface area contributed by atoms with Crippen molar-refractivity contribution in [3.05, 3.63) is 30.2 Å². The van der Waals surface area contributed by atoms with Gasteiger partial charge < -0.3 is 5.32 Å². The summed E-state index contributed by atoms with van der Waals surface area (Å²) >= 11 is 0. The van der Waals surface area contributed by atoms with E-state index in [1.165, 1.54) is 12.3 Å². The van der Waals surface area contributed by atoms with Crippen LogP contribution in [0.25, 0.3) is 0 Å². The van der Waals surface area contributed by atoms with Gasteiger partial charge in [-0.15, -0.1) is 0 Å². The molecule has 0 fully saturated rings. The molecule has 0 aliphatic heterocycles. The minimum absolute atomic E-state index is 0.181. The van der Waals surface area contributed by atoms with Crippen LogP contribution in [0.2, 0.25) is 0 Å². The van der Waals surface area contributed by atoms with Crippen molar-refractivity contribution < 1.29 is 8.42 Å². The number of nitrogens with zero attached hydrogens (tertiary/aromatic N) is 3. The number of aromatic nitrogens is 3. The summed E-state index contributed by atoms with van der Waals surface area (Å²) in [5.74, 6) is 0.327. The first kappa shape index (κ1) is 13.5. The summed E-state index contributed by atoms with van der Waals surface area (Å²) in [5, 5.41) is 7.34. The number of rotatable bonds is 4. The molecule has 0 unspecified atom stereocenters. The number of aryl methyl sites for hydroxylation is 2. The standard InChI is InChI=1S/C12H16N4O2S/c1-4-9-10(8-16(2)15-9)14-12-11(19(3,17)18)6-5-7-13-12/h5-8H,4H2,1-3H3,(H,13,14). The molecule has 0 atom stereocenters. The summed E-state index contributed by atoms with van der Waals surface area (Å²) in [5.41, 5.74) is 1.64. The van der Waals surface area contributed by atoms with Crippen LogP contribution in [-0.2, 0) is 23.3 Å². The third-order valence-electron chi connectivity index (χ3n) is 2.66. The predicted molar refractivity (Wildman–Crippen MR) is 73.2 cm³/mol. The summed E-state index contributed by atoms with van der Waals surface area (Å²) in [6.45, 7) is 1.99. The van der Waals surface area contributed by atoms with Crippen molar-refractivity contribution >= 4 is 21.3 Å². The van der Waals surface area contributed by atoms with Crippen LogP contribution in [0.5, 0.6) is 0 Å². The SMILES string of the molecule is CCc1nn(C)cc1Nc1ncccc1S(C)(=O)=O. The van der Waals surface area contributed by atoms with E-state index >= 15 is 0 Å². The average molecular weight is 280 g/mol. The first-order valence-corrected chi connectivity index (χ1v) is 7.75. The highest BCUT2D eigenvalue weighted by molar-refractivity contribution is 7.90. The molecule has 0 radical (unpaired) electrons. The fourth-order valence-corrected chi connectivity index (χ4v) is 2.59. The maximum Gasteiger partial charge on any atom is 0.179 e. The van der Waals surface area contributed by atoms with Gasteiger partial charge in [-0.25, -0.2) is 13.4 Å². The van der Waals surface area contributed by atoms with Crippen LogP contribution in [0.1, 0.15) is 12.6 Å². The molecular formula is C12H16N4O2S. The Hall–Kier alpha value is -1.89. The van der Waals surface area contributed by atoms with E-state index in [9.17, 15) is 8.42 Å². The zero-order chi connectivity index (χ0) is 14.0. The average Bonchev–Trinajstić information content (AvgIpc) is 2.69. The Bertz CT molecular complexity index is 692. The summed E-state index contributed by atoms with van der Waals surface area (Å²) in [4.78, 5) is 4.28. The van der Waals surface area contributed by atoms with E-state index in [1.54, 1.807) is 23.1 Å². The van der Waals surface area contributed by atoms with Crippen molar-refractivity contribution in [1.82, 2.24) is 14.8 Å². The highest BCUT2D eigenvalue weighted by Gasteiger charge is 2.15. The van der Waals surface area contributed by atoms with Crippen LogP contribution in [0.4, 0.5) is 11.5 Å². The quantitative estimate of drug-likeness (QED) is 0.919. The van der Waals surface area contributed by atoms with Crippen LogP contribution in [0, 0.1) is 0 Å². The highest BCUT2D eigenvalue weighted by Crippen LogP contribution is 2.24. The van der Waals surface area contributed by atoms with E-state index in [0.29, 0.717) is 5.82 Å². The normalized spacial score (nSPS) is 11.5. The van der Waals surface area contributed by atoms with E-state index < -0.39 is 9.84 Å². The number of sulfone groups is 1. The molecule has 2 rings (SSSR count). The van der Waals surface area contributed by atoms with Gasteiger partial charge in [0.25, 0.3) is 0 Å². The summed E-state index contributed by atoms with van der Waals surface area (Å²) in [6, 6.07) is 3.14. The molecule has 2 heterocycles. The maximum absolute atomic E-state index is 11.7. The van der Waals surface area contributed by atoms with Crippen LogP contribution in [-0.4, -0.2) is 29.4 Å². The van der Waals surface area contributed by atoms with E-state index in [4.69, 9.17) is 0 Å². The molecule has 0 aromatic carbocycles. The van der Waals surface area contributed by atoms with E-state index in [-0.39, 0.29) is 4.90 Å². The molecule has 0 spiro atoms. The van der Waals surface area contributed by atoms with Gasteiger partial charge in [0.05, 0.1) is 11.4 Å². The lowest BCUT2D eigenvalue weighted by molar-refractivity contribution is 0.602. The van der Waals surface area contributed by atoms with E-state index in [1.807, 2.05) is 14.0 Å². The molecule has 102 valence electrons. The van der Waals surface area contributed by atoms with Crippen molar-refractivity contribution in [2.45, 2.75) is 18.2 Å². The molecule has 2 aromatic heterocycles. The molecule has 0 bridgehead atoms. The molecule has 0 saturated carbocycles. The Labute approximate surface area is 112 Å².